The number of carbonyl (C=O) groups excluding carboxylic acids is 1. The van der Waals surface area contributed by atoms with E-state index in [9.17, 15) is 18.0 Å². The number of rotatable bonds is 4. The first-order valence-electron chi connectivity index (χ1n) is 8.22. The number of para-hydroxylation sites is 1. The highest BCUT2D eigenvalue weighted by Crippen LogP contribution is 2.46. The fraction of sp³-hybridized carbons (Fsp3) is 0.211. The lowest BCUT2D eigenvalue weighted by atomic mass is 10.1. The van der Waals surface area contributed by atoms with E-state index < -0.39 is 6.36 Å². The van der Waals surface area contributed by atoms with Crippen molar-refractivity contribution in [3.63, 3.8) is 0 Å². The molecule has 2 N–H and O–H groups in total. The van der Waals surface area contributed by atoms with Gasteiger partial charge in [0.1, 0.15) is 5.75 Å². The van der Waals surface area contributed by atoms with Gasteiger partial charge >= 0.3 is 6.36 Å². The SMILES string of the molecule is NC(=O)C1CC1c1cc2cnc(-c3ccccc3OC(F)(F)F)cc2cn1. The highest BCUT2D eigenvalue weighted by Gasteiger charge is 2.43. The van der Waals surface area contributed by atoms with Gasteiger partial charge in [0, 0.05) is 46.3 Å². The third-order valence-corrected chi connectivity index (χ3v) is 4.55. The first-order chi connectivity index (χ1) is 12.8. The number of primary amides is 1. The summed E-state index contributed by atoms with van der Waals surface area (Å²) in [7, 11) is 0. The standard InChI is InChI=1S/C19H14F3N3O2/c20-19(21,22)27-17-4-2-1-3-12(17)15-5-10-9-25-16(6-11(10)8-24-15)13-7-14(13)18(23)26/h1-6,8-9,13-14H,7H2,(H2,23,26). The number of aromatic nitrogens is 2. The second-order valence-corrected chi connectivity index (χ2v) is 6.42. The number of alkyl halides is 3. The van der Waals surface area contributed by atoms with Crippen LogP contribution in [0.15, 0.2) is 48.8 Å². The zero-order valence-electron chi connectivity index (χ0n) is 13.9. The predicted molar refractivity (Wildman–Crippen MR) is 91.7 cm³/mol. The summed E-state index contributed by atoms with van der Waals surface area (Å²) in [4.78, 5) is 19.9. The molecule has 1 fully saturated rings. The smallest absolute Gasteiger partial charge is 0.405 e. The summed E-state index contributed by atoms with van der Waals surface area (Å²) in [6.07, 6.45) is -0.909. The van der Waals surface area contributed by atoms with E-state index in [0.29, 0.717) is 12.1 Å². The van der Waals surface area contributed by atoms with Crippen LogP contribution in [0.1, 0.15) is 18.0 Å². The van der Waals surface area contributed by atoms with E-state index in [1.807, 2.05) is 6.07 Å². The number of amides is 1. The molecular weight excluding hydrogens is 359 g/mol. The van der Waals surface area contributed by atoms with Gasteiger partial charge in [0.05, 0.1) is 5.69 Å². The van der Waals surface area contributed by atoms with Gasteiger partial charge in [-0.1, -0.05) is 12.1 Å². The number of hydrogen-bond donors (Lipinski definition) is 1. The number of carbonyl (C=O) groups is 1. The van der Waals surface area contributed by atoms with Crippen molar-refractivity contribution in [2.45, 2.75) is 18.7 Å². The second kappa shape index (κ2) is 6.22. The Morgan fingerprint density at radius 3 is 2.52 bits per heavy atom. The minimum Gasteiger partial charge on any atom is -0.405 e. The van der Waals surface area contributed by atoms with E-state index in [-0.39, 0.29) is 29.1 Å². The van der Waals surface area contributed by atoms with Crippen LogP contribution in [0, 0.1) is 5.92 Å². The van der Waals surface area contributed by atoms with Crippen molar-refractivity contribution in [1.29, 1.82) is 0 Å². The highest BCUT2D eigenvalue weighted by molar-refractivity contribution is 5.86. The first-order valence-corrected chi connectivity index (χ1v) is 8.22. The Hall–Kier alpha value is -3.16. The maximum Gasteiger partial charge on any atom is 0.573 e. The normalized spacial score (nSPS) is 19.1. The van der Waals surface area contributed by atoms with Gasteiger partial charge in [0.25, 0.3) is 0 Å². The van der Waals surface area contributed by atoms with E-state index in [4.69, 9.17) is 5.73 Å². The van der Waals surface area contributed by atoms with Crippen molar-refractivity contribution in [3.05, 3.63) is 54.5 Å². The first kappa shape index (κ1) is 17.3. The van der Waals surface area contributed by atoms with Crippen LogP contribution in [0.2, 0.25) is 0 Å². The summed E-state index contributed by atoms with van der Waals surface area (Å²) in [5, 5.41) is 1.51. The molecule has 1 aliphatic rings. The molecule has 1 aromatic carbocycles. The summed E-state index contributed by atoms with van der Waals surface area (Å²) >= 11 is 0. The van der Waals surface area contributed by atoms with Gasteiger partial charge < -0.3 is 10.5 Å². The third kappa shape index (κ3) is 3.55. The lowest BCUT2D eigenvalue weighted by molar-refractivity contribution is -0.274. The molecule has 2 atom stereocenters. The molecule has 27 heavy (non-hydrogen) atoms. The van der Waals surface area contributed by atoms with Crippen molar-refractivity contribution in [2.24, 2.45) is 11.7 Å². The molecule has 1 amide bonds. The molecule has 2 aromatic heterocycles. The number of nitrogens with two attached hydrogens (primary N) is 1. The average molecular weight is 373 g/mol. The molecule has 4 rings (SSSR count). The van der Waals surface area contributed by atoms with Crippen molar-refractivity contribution in [1.82, 2.24) is 9.97 Å². The highest BCUT2D eigenvalue weighted by atomic mass is 19.4. The third-order valence-electron chi connectivity index (χ3n) is 4.55. The molecule has 0 spiro atoms. The molecule has 0 bridgehead atoms. The van der Waals surface area contributed by atoms with Crippen molar-refractivity contribution in [2.75, 3.05) is 0 Å². The summed E-state index contributed by atoms with van der Waals surface area (Å²) in [6.45, 7) is 0. The number of pyridine rings is 2. The molecule has 3 aromatic rings. The molecule has 1 aliphatic carbocycles. The van der Waals surface area contributed by atoms with Crippen LogP contribution in [-0.4, -0.2) is 22.2 Å². The molecule has 5 nitrogen and oxygen atoms in total. The Bertz CT molecular complexity index is 1040. The lowest BCUT2D eigenvalue weighted by Gasteiger charge is -2.13. The number of benzene rings is 1. The van der Waals surface area contributed by atoms with Crippen molar-refractivity contribution >= 4 is 16.7 Å². The quantitative estimate of drug-likeness (QED) is 0.755. The van der Waals surface area contributed by atoms with Gasteiger partial charge in [-0.15, -0.1) is 13.2 Å². The maximum absolute atomic E-state index is 12.6. The summed E-state index contributed by atoms with van der Waals surface area (Å²) in [6, 6.07) is 9.32. The fourth-order valence-corrected chi connectivity index (χ4v) is 3.13. The molecule has 0 aliphatic heterocycles. The van der Waals surface area contributed by atoms with Gasteiger partial charge in [-0.3, -0.25) is 14.8 Å². The number of nitrogens with zero attached hydrogens (tertiary/aromatic N) is 2. The molecule has 0 radical (unpaired) electrons. The van der Waals surface area contributed by atoms with Crippen LogP contribution in [0.5, 0.6) is 5.75 Å². The Morgan fingerprint density at radius 2 is 1.81 bits per heavy atom. The summed E-state index contributed by atoms with van der Waals surface area (Å²) < 4.78 is 41.9. The van der Waals surface area contributed by atoms with E-state index in [0.717, 1.165) is 16.5 Å². The minimum absolute atomic E-state index is 0.0208. The Kier molecular flexibility index (Phi) is 3.98. The van der Waals surface area contributed by atoms with E-state index in [2.05, 4.69) is 14.7 Å². The number of ether oxygens (including phenoxy) is 1. The van der Waals surface area contributed by atoms with Crippen LogP contribution >= 0.6 is 0 Å². The molecule has 1 saturated carbocycles. The number of halogens is 3. The van der Waals surface area contributed by atoms with Crippen molar-refractivity contribution in [3.8, 4) is 17.0 Å². The zero-order valence-corrected chi connectivity index (χ0v) is 13.9. The second-order valence-electron chi connectivity index (χ2n) is 6.42. The molecule has 0 saturated heterocycles. The van der Waals surface area contributed by atoms with Gasteiger partial charge in [0.15, 0.2) is 0 Å². The van der Waals surface area contributed by atoms with Gasteiger partial charge in [-0.2, -0.15) is 0 Å². The van der Waals surface area contributed by atoms with Gasteiger partial charge in [-0.05, 0) is 30.7 Å². The predicted octanol–water partition coefficient (Wildman–Crippen LogP) is 3.78. The van der Waals surface area contributed by atoms with Gasteiger partial charge in [0.2, 0.25) is 5.91 Å². The largest absolute Gasteiger partial charge is 0.573 e. The van der Waals surface area contributed by atoms with Crippen LogP contribution in [0.25, 0.3) is 22.0 Å². The van der Waals surface area contributed by atoms with Crippen LogP contribution in [0.4, 0.5) is 13.2 Å². The lowest BCUT2D eigenvalue weighted by Crippen LogP contribution is -2.17. The topological polar surface area (TPSA) is 78.1 Å². The summed E-state index contributed by atoms with van der Waals surface area (Å²) in [5.74, 6) is -0.818. The molecule has 138 valence electrons. The zero-order chi connectivity index (χ0) is 19.2. The van der Waals surface area contributed by atoms with E-state index in [1.165, 1.54) is 18.2 Å². The Balaban J connectivity index is 1.68. The van der Waals surface area contributed by atoms with Crippen LogP contribution < -0.4 is 10.5 Å². The van der Waals surface area contributed by atoms with Crippen LogP contribution in [0.3, 0.4) is 0 Å². The molecule has 8 heteroatoms. The maximum atomic E-state index is 12.6. The number of fused-ring (bicyclic) bond motifs is 1. The number of hydrogen-bond acceptors (Lipinski definition) is 4. The molecular formula is C19H14F3N3O2. The Morgan fingerprint density at radius 1 is 1.11 bits per heavy atom. The minimum atomic E-state index is -4.79. The average Bonchev–Trinajstić information content (AvgIpc) is 3.41. The van der Waals surface area contributed by atoms with Crippen molar-refractivity contribution < 1.29 is 22.7 Å². The summed E-state index contributed by atoms with van der Waals surface area (Å²) in [5.41, 5.74) is 6.65. The van der Waals surface area contributed by atoms with E-state index in [1.54, 1.807) is 24.5 Å². The fourth-order valence-electron chi connectivity index (χ4n) is 3.13. The monoisotopic (exact) mass is 373 g/mol. The van der Waals surface area contributed by atoms with E-state index >= 15 is 0 Å². The van der Waals surface area contributed by atoms with Gasteiger partial charge in [-0.25, -0.2) is 0 Å². The molecule has 2 unspecified atom stereocenters. The molecule has 2 heterocycles. The Labute approximate surface area is 152 Å². The van der Waals surface area contributed by atoms with Crippen LogP contribution in [-0.2, 0) is 4.79 Å².